The molecule has 0 aliphatic carbocycles. The molecule has 1 aromatic rings. The highest BCUT2D eigenvalue weighted by atomic mass is 35.5. The van der Waals surface area contributed by atoms with Gasteiger partial charge in [-0.25, -0.2) is 4.79 Å². The summed E-state index contributed by atoms with van der Waals surface area (Å²) in [4.78, 5) is 16.7. The number of carbonyl (C=O) groups is 1. The fourth-order valence-electron chi connectivity index (χ4n) is 3.10. The van der Waals surface area contributed by atoms with Gasteiger partial charge in [0.05, 0.1) is 6.61 Å². The van der Waals surface area contributed by atoms with E-state index in [1.165, 1.54) is 0 Å². The zero-order valence-corrected chi connectivity index (χ0v) is 14.8. The second-order valence-electron chi connectivity index (χ2n) is 6.12. The number of benzene rings is 1. The molecule has 1 saturated heterocycles. The summed E-state index contributed by atoms with van der Waals surface area (Å²) >= 11 is 5.97. The Labute approximate surface area is 143 Å². The number of piperazine rings is 1. The third kappa shape index (κ3) is 5.09. The number of rotatable bonds is 5. The van der Waals surface area contributed by atoms with E-state index in [1.54, 1.807) is 7.11 Å². The summed E-state index contributed by atoms with van der Waals surface area (Å²) in [6.07, 6.45) is 0. The second-order valence-corrected chi connectivity index (χ2v) is 6.56. The van der Waals surface area contributed by atoms with Crippen LogP contribution in [0.2, 0.25) is 5.02 Å². The van der Waals surface area contributed by atoms with Crippen molar-refractivity contribution in [2.75, 3.05) is 33.4 Å². The normalized spacial score (nSPS) is 22.2. The molecule has 0 saturated carbocycles. The van der Waals surface area contributed by atoms with Gasteiger partial charge in [-0.2, -0.15) is 0 Å². The molecular weight excluding hydrogens is 314 g/mol. The molecule has 1 aliphatic rings. The molecule has 0 bridgehead atoms. The molecule has 0 spiro atoms. The average molecular weight is 340 g/mol. The van der Waals surface area contributed by atoms with E-state index in [4.69, 9.17) is 16.3 Å². The first kappa shape index (κ1) is 18.0. The molecule has 1 aliphatic heterocycles. The Morgan fingerprint density at radius 3 is 2.65 bits per heavy atom. The van der Waals surface area contributed by atoms with Gasteiger partial charge in [-0.15, -0.1) is 0 Å². The van der Waals surface area contributed by atoms with Gasteiger partial charge in [0, 0.05) is 50.4 Å². The average Bonchev–Trinajstić information content (AvgIpc) is 2.52. The topological polar surface area (TPSA) is 44.8 Å². The summed E-state index contributed by atoms with van der Waals surface area (Å²) in [6, 6.07) is 8.18. The van der Waals surface area contributed by atoms with E-state index < -0.39 is 0 Å². The van der Waals surface area contributed by atoms with E-state index in [0.717, 1.165) is 31.8 Å². The van der Waals surface area contributed by atoms with Crippen LogP contribution in [0.5, 0.6) is 0 Å². The van der Waals surface area contributed by atoms with Crippen LogP contribution in [0.4, 0.5) is 4.79 Å². The molecule has 128 valence electrons. The molecule has 2 amide bonds. The largest absolute Gasteiger partial charge is 0.383 e. The number of amides is 2. The van der Waals surface area contributed by atoms with E-state index in [1.807, 2.05) is 29.2 Å². The van der Waals surface area contributed by atoms with Crippen molar-refractivity contribution in [2.24, 2.45) is 0 Å². The minimum absolute atomic E-state index is 0.0185. The fraction of sp³-hybridized carbons (Fsp3) is 0.588. The summed E-state index contributed by atoms with van der Waals surface area (Å²) in [5, 5.41) is 3.67. The van der Waals surface area contributed by atoms with E-state index >= 15 is 0 Å². The van der Waals surface area contributed by atoms with Gasteiger partial charge in [0.25, 0.3) is 0 Å². The fourth-order valence-corrected chi connectivity index (χ4v) is 3.31. The van der Waals surface area contributed by atoms with Crippen LogP contribution in [0.15, 0.2) is 24.3 Å². The van der Waals surface area contributed by atoms with E-state index in [-0.39, 0.29) is 6.03 Å². The highest BCUT2D eigenvalue weighted by Crippen LogP contribution is 2.16. The van der Waals surface area contributed by atoms with Crippen LogP contribution >= 0.6 is 11.6 Å². The molecule has 0 aromatic heterocycles. The first-order valence-electron chi connectivity index (χ1n) is 8.03. The number of hydrogen-bond donors (Lipinski definition) is 1. The van der Waals surface area contributed by atoms with Crippen LogP contribution in [0.3, 0.4) is 0 Å². The van der Waals surface area contributed by atoms with Gasteiger partial charge in [-0.1, -0.05) is 23.7 Å². The molecule has 1 N–H and O–H groups in total. The molecule has 2 unspecified atom stereocenters. The Kier molecular flexibility index (Phi) is 6.69. The summed E-state index contributed by atoms with van der Waals surface area (Å²) in [5.41, 5.74) is 1.01. The van der Waals surface area contributed by atoms with Crippen molar-refractivity contribution >= 4 is 17.6 Å². The Morgan fingerprint density at radius 1 is 1.35 bits per heavy atom. The summed E-state index contributed by atoms with van der Waals surface area (Å²) in [7, 11) is 1.72. The van der Waals surface area contributed by atoms with Gasteiger partial charge in [0.15, 0.2) is 0 Å². The third-order valence-electron chi connectivity index (χ3n) is 4.28. The maximum atomic E-state index is 12.4. The van der Waals surface area contributed by atoms with Crippen molar-refractivity contribution < 1.29 is 9.53 Å². The van der Waals surface area contributed by atoms with Crippen LogP contribution in [-0.4, -0.2) is 61.3 Å². The highest BCUT2D eigenvalue weighted by Gasteiger charge is 2.31. The van der Waals surface area contributed by atoms with Crippen molar-refractivity contribution in [2.45, 2.75) is 32.5 Å². The molecule has 23 heavy (non-hydrogen) atoms. The van der Waals surface area contributed by atoms with E-state index in [2.05, 4.69) is 24.1 Å². The monoisotopic (exact) mass is 339 g/mol. The molecule has 2 atom stereocenters. The minimum atomic E-state index is -0.0185. The number of carbonyl (C=O) groups excluding carboxylic acids is 1. The SMILES string of the molecule is COCCN1C(C)CN(C(=O)NCc2cccc(Cl)c2)CC1C. The first-order chi connectivity index (χ1) is 11.0. The van der Waals surface area contributed by atoms with Crippen LogP contribution in [0.1, 0.15) is 19.4 Å². The lowest BCUT2D eigenvalue weighted by Crippen LogP contribution is -2.60. The van der Waals surface area contributed by atoms with Gasteiger partial charge in [0.2, 0.25) is 0 Å². The summed E-state index contributed by atoms with van der Waals surface area (Å²) < 4.78 is 5.17. The molecule has 1 aromatic carbocycles. The van der Waals surface area contributed by atoms with Gasteiger partial charge in [0.1, 0.15) is 0 Å². The maximum Gasteiger partial charge on any atom is 0.317 e. The molecule has 2 rings (SSSR count). The van der Waals surface area contributed by atoms with Crippen LogP contribution < -0.4 is 5.32 Å². The Balaban J connectivity index is 1.86. The van der Waals surface area contributed by atoms with Crippen LogP contribution in [0, 0.1) is 0 Å². The van der Waals surface area contributed by atoms with Crippen LogP contribution in [0.25, 0.3) is 0 Å². The molecule has 1 heterocycles. The Morgan fingerprint density at radius 2 is 2.04 bits per heavy atom. The Hall–Kier alpha value is -1.30. The van der Waals surface area contributed by atoms with Crippen molar-refractivity contribution in [1.29, 1.82) is 0 Å². The van der Waals surface area contributed by atoms with Gasteiger partial charge in [-0.3, -0.25) is 4.90 Å². The second kappa shape index (κ2) is 8.52. The van der Waals surface area contributed by atoms with Crippen molar-refractivity contribution in [1.82, 2.24) is 15.1 Å². The quantitative estimate of drug-likeness (QED) is 0.896. The summed E-state index contributed by atoms with van der Waals surface area (Å²) in [6.45, 7) is 7.88. The summed E-state index contributed by atoms with van der Waals surface area (Å²) in [5.74, 6) is 0. The molecular formula is C17H26ClN3O2. The third-order valence-corrected chi connectivity index (χ3v) is 4.51. The van der Waals surface area contributed by atoms with Crippen LogP contribution in [-0.2, 0) is 11.3 Å². The number of ether oxygens (including phenoxy) is 1. The number of hydrogen-bond acceptors (Lipinski definition) is 3. The zero-order chi connectivity index (χ0) is 16.8. The number of methoxy groups -OCH3 is 1. The lowest BCUT2D eigenvalue weighted by molar-refractivity contribution is 0.0348. The predicted octanol–water partition coefficient (Wildman–Crippen LogP) is 2.59. The standard InChI is InChI=1S/C17H26ClN3O2/c1-13-11-20(12-14(2)21(13)7-8-23-3)17(22)19-10-15-5-4-6-16(18)9-15/h4-6,9,13-14H,7-8,10-12H2,1-3H3,(H,19,22). The highest BCUT2D eigenvalue weighted by molar-refractivity contribution is 6.30. The number of nitrogens with zero attached hydrogens (tertiary/aromatic N) is 2. The van der Waals surface area contributed by atoms with Crippen molar-refractivity contribution in [3.63, 3.8) is 0 Å². The van der Waals surface area contributed by atoms with E-state index in [0.29, 0.717) is 23.7 Å². The van der Waals surface area contributed by atoms with Gasteiger partial charge < -0.3 is 15.0 Å². The molecule has 6 heteroatoms. The minimum Gasteiger partial charge on any atom is -0.383 e. The van der Waals surface area contributed by atoms with Crippen molar-refractivity contribution in [3.8, 4) is 0 Å². The number of halogens is 1. The molecule has 0 radical (unpaired) electrons. The first-order valence-corrected chi connectivity index (χ1v) is 8.41. The lowest BCUT2D eigenvalue weighted by atomic mass is 10.1. The molecule has 5 nitrogen and oxygen atoms in total. The zero-order valence-electron chi connectivity index (χ0n) is 14.1. The predicted molar refractivity (Wildman–Crippen MR) is 92.8 cm³/mol. The number of urea groups is 1. The van der Waals surface area contributed by atoms with Gasteiger partial charge >= 0.3 is 6.03 Å². The van der Waals surface area contributed by atoms with Gasteiger partial charge in [-0.05, 0) is 31.5 Å². The number of nitrogens with one attached hydrogen (secondary N) is 1. The Bertz CT molecular complexity index is 514. The van der Waals surface area contributed by atoms with E-state index in [9.17, 15) is 4.79 Å². The lowest BCUT2D eigenvalue weighted by Gasteiger charge is -2.44. The van der Waals surface area contributed by atoms with Crippen molar-refractivity contribution in [3.05, 3.63) is 34.9 Å². The smallest absolute Gasteiger partial charge is 0.317 e. The maximum absolute atomic E-state index is 12.4. The molecule has 1 fully saturated rings.